The van der Waals surface area contributed by atoms with Gasteiger partial charge in [-0.1, -0.05) is 19.1 Å². The number of hydrogen-bond donors (Lipinski definition) is 0. The third-order valence-corrected chi connectivity index (χ3v) is 3.68. The van der Waals surface area contributed by atoms with Crippen LogP contribution in [0.25, 0.3) is 0 Å². The molecule has 0 amide bonds. The molecule has 0 spiro atoms. The zero-order valence-corrected chi connectivity index (χ0v) is 10.6. The number of rotatable bonds is 2. The van der Waals surface area contributed by atoms with Crippen molar-refractivity contribution in [3.8, 4) is 0 Å². The van der Waals surface area contributed by atoms with Gasteiger partial charge in [0.1, 0.15) is 11.6 Å². The summed E-state index contributed by atoms with van der Waals surface area (Å²) in [4.78, 5) is 4.50. The molecule has 0 fully saturated rings. The average Bonchev–Trinajstić information content (AvgIpc) is 2.72. The first kappa shape index (κ1) is 11.5. The molecule has 0 radical (unpaired) electrons. The van der Waals surface area contributed by atoms with E-state index >= 15 is 0 Å². The molecule has 0 saturated carbocycles. The second-order valence-electron chi connectivity index (χ2n) is 5.22. The Labute approximate surface area is 106 Å². The lowest BCUT2D eigenvalue weighted by molar-refractivity contribution is 0.410. The van der Waals surface area contributed by atoms with Gasteiger partial charge in [0.05, 0.1) is 0 Å². The van der Waals surface area contributed by atoms with Crippen LogP contribution in [0.3, 0.4) is 0 Å². The minimum atomic E-state index is -0.174. The van der Waals surface area contributed by atoms with Gasteiger partial charge in [0.15, 0.2) is 0 Å². The fraction of sp³-hybridized carbons (Fsp3) is 0.400. The molecule has 0 N–H and O–H groups in total. The number of nitrogens with zero attached hydrogens (tertiary/aromatic N) is 2. The number of imidazole rings is 1. The average molecular weight is 244 g/mol. The summed E-state index contributed by atoms with van der Waals surface area (Å²) in [5, 5.41) is 0. The quantitative estimate of drug-likeness (QED) is 0.793. The van der Waals surface area contributed by atoms with Crippen molar-refractivity contribution in [2.75, 3.05) is 0 Å². The Morgan fingerprint density at radius 1 is 1.44 bits per heavy atom. The zero-order chi connectivity index (χ0) is 12.5. The van der Waals surface area contributed by atoms with E-state index in [2.05, 4.69) is 16.5 Å². The molecule has 3 rings (SSSR count). The molecule has 0 aliphatic carbocycles. The lowest BCUT2D eigenvalue weighted by atomic mass is 9.98. The van der Waals surface area contributed by atoms with Crippen LogP contribution in [0, 0.1) is 11.7 Å². The van der Waals surface area contributed by atoms with Gasteiger partial charge in [0.25, 0.3) is 0 Å². The summed E-state index contributed by atoms with van der Waals surface area (Å²) in [5.41, 5.74) is 2.31. The molecule has 1 aliphatic heterocycles. The number of fused-ring (bicyclic) bond motifs is 1. The number of benzene rings is 1. The second-order valence-corrected chi connectivity index (χ2v) is 5.22. The smallest absolute Gasteiger partial charge is 0.123 e. The van der Waals surface area contributed by atoms with Crippen LogP contribution in [0.5, 0.6) is 0 Å². The Bertz CT molecular complexity index is 559. The minimum Gasteiger partial charge on any atom is -0.332 e. The SMILES string of the molecule is CC1CCn2c(cnc2Cc2cccc(F)c2)C1. The molecule has 2 nitrogen and oxygen atoms in total. The van der Waals surface area contributed by atoms with Crippen molar-refractivity contribution in [1.82, 2.24) is 9.55 Å². The summed E-state index contributed by atoms with van der Waals surface area (Å²) in [6.45, 7) is 3.32. The molecule has 1 aromatic carbocycles. The molecule has 1 aliphatic rings. The van der Waals surface area contributed by atoms with Crippen molar-refractivity contribution in [1.29, 1.82) is 0 Å². The summed E-state index contributed by atoms with van der Waals surface area (Å²) in [5.74, 6) is 1.63. The highest BCUT2D eigenvalue weighted by atomic mass is 19.1. The van der Waals surface area contributed by atoms with Gasteiger partial charge >= 0.3 is 0 Å². The van der Waals surface area contributed by atoms with Crippen LogP contribution in [0.15, 0.2) is 30.5 Å². The summed E-state index contributed by atoms with van der Waals surface area (Å²) >= 11 is 0. The normalized spacial score (nSPS) is 18.7. The van der Waals surface area contributed by atoms with E-state index in [0.717, 1.165) is 30.3 Å². The molecule has 0 bridgehead atoms. The van der Waals surface area contributed by atoms with E-state index in [1.807, 2.05) is 12.3 Å². The molecule has 18 heavy (non-hydrogen) atoms. The number of hydrogen-bond acceptors (Lipinski definition) is 1. The maximum absolute atomic E-state index is 13.2. The van der Waals surface area contributed by atoms with E-state index in [-0.39, 0.29) is 5.82 Å². The molecular formula is C15H17FN2. The maximum Gasteiger partial charge on any atom is 0.123 e. The minimum absolute atomic E-state index is 0.174. The Morgan fingerprint density at radius 2 is 2.33 bits per heavy atom. The van der Waals surface area contributed by atoms with Crippen LogP contribution in [0.2, 0.25) is 0 Å². The standard InChI is InChI=1S/C15H17FN2/c1-11-5-6-18-14(7-11)10-17-15(18)9-12-3-2-4-13(16)8-12/h2-4,8,10-11H,5-7,9H2,1H3. The predicted molar refractivity (Wildman–Crippen MR) is 68.9 cm³/mol. The van der Waals surface area contributed by atoms with Gasteiger partial charge < -0.3 is 4.57 Å². The first-order valence-electron chi connectivity index (χ1n) is 6.50. The van der Waals surface area contributed by atoms with Crippen LogP contribution in [-0.2, 0) is 19.4 Å². The van der Waals surface area contributed by atoms with Gasteiger partial charge in [-0.2, -0.15) is 0 Å². The van der Waals surface area contributed by atoms with Gasteiger partial charge in [-0.25, -0.2) is 9.37 Å². The fourth-order valence-electron chi connectivity index (χ4n) is 2.67. The Balaban J connectivity index is 1.86. The van der Waals surface area contributed by atoms with Crippen LogP contribution in [0.4, 0.5) is 4.39 Å². The molecule has 0 saturated heterocycles. The summed E-state index contributed by atoms with van der Waals surface area (Å²) in [6.07, 6.45) is 5.01. The lowest BCUT2D eigenvalue weighted by Crippen LogP contribution is -2.18. The Hall–Kier alpha value is -1.64. The van der Waals surface area contributed by atoms with Crippen molar-refractivity contribution < 1.29 is 4.39 Å². The van der Waals surface area contributed by atoms with E-state index in [1.54, 1.807) is 12.1 Å². The maximum atomic E-state index is 13.2. The molecule has 1 aromatic heterocycles. The largest absolute Gasteiger partial charge is 0.332 e. The van der Waals surface area contributed by atoms with E-state index in [0.29, 0.717) is 6.42 Å². The fourth-order valence-corrected chi connectivity index (χ4v) is 2.67. The van der Waals surface area contributed by atoms with Crippen LogP contribution in [0.1, 0.15) is 30.4 Å². The van der Waals surface area contributed by atoms with E-state index in [9.17, 15) is 4.39 Å². The van der Waals surface area contributed by atoms with Crippen molar-refractivity contribution >= 4 is 0 Å². The van der Waals surface area contributed by atoms with Crippen LogP contribution < -0.4 is 0 Å². The first-order chi connectivity index (χ1) is 8.72. The predicted octanol–water partition coefficient (Wildman–Crippen LogP) is 3.20. The van der Waals surface area contributed by atoms with Crippen LogP contribution in [-0.4, -0.2) is 9.55 Å². The van der Waals surface area contributed by atoms with Gasteiger partial charge in [0, 0.05) is 24.9 Å². The van der Waals surface area contributed by atoms with Crippen molar-refractivity contribution in [2.24, 2.45) is 5.92 Å². The van der Waals surface area contributed by atoms with Crippen molar-refractivity contribution in [2.45, 2.75) is 32.7 Å². The number of halogens is 1. The summed E-state index contributed by atoms with van der Waals surface area (Å²) in [7, 11) is 0. The lowest BCUT2D eigenvalue weighted by Gasteiger charge is -2.21. The zero-order valence-electron chi connectivity index (χ0n) is 10.6. The van der Waals surface area contributed by atoms with Gasteiger partial charge in [-0.3, -0.25) is 0 Å². The molecule has 1 atom stereocenters. The highest BCUT2D eigenvalue weighted by Gasteiger charge is 2.18. The Kier molecular flexibility index (Phi) is 2.90. The van der Waals surface area contributed by atoms with Crippen LogP contribution >= 0.6 is 0 Å². The number of aromatic nitrogens is 2. The first-order valence-corrected chi connectivity index (χ1v) is 6.50. The van der Waals surface area contributed by atoms with E-state index in [1.165, 1.54) is 18.2 Å². The summed E-state index contributed by atoms with van der Waals surface area (Å²) in [6, 6.07) is 6.78. The highest BCUT2D eigenvalue weighted by Crippen LogP contribution is 2.22. The molecule has 1 unspecified atom stereocenters. The van der Waals surface area contributed by atoms with Gasteiger partial charge in [-0.15, -0.1) is 0 Å². The van der Waals surface area contributed by atoms with Crippen molar-refractivity contribution in [3.05, 3.63) is 53.4 Å². The molecule has 2 heterocycles. The van der Waals surface area contributed by atoms with E-state index in [4.69, 9.17) is 0 Å². The highest BCUT2D eigenvalue weighted by molar-refractivity contribution is 5.22. The molecule has 3 heteroatoms. The topological polar surface area (TPSA) is 17.8 Å². The molecule has 2 aromatic rings. The summed E-state index contributed by atoms with van der Waals surface area (Å²) < 4.78 is 15.5. The Morgan fingerprint density at radius 3 is 3.17 bits per heavy atom. The third kappa shape index (κ3) is 2.17. The monoisotopic (exact) mass is 244 g/mol. The molecular weight excluding hydrogens is 227 g/mol. The van der Waals surface area contributed by atoms with Crippen molar-refractivity contribution in [3.63, 3.8) is 0 Å². The van der Waals surface area contributed by atoms with Gasteiger partial charge in [0.2, 0.25) is 0 Å². The molecule has 94 valence electrons. The van der Waals surface area contributed by atoms with Gasteiger partial charge in [-0.05, 0) is 36.5 Å². The van der Waals surface area contributed by atoms with E-state index < -0.39 is 0 Å². The third-order valence-electron chi connectivity index (χ3n) is 3.68. The second kappa shape index (κ2) is 4.56.